The second-order valence-corrected chi connectivity index (χ2v) is 5.66. The highest BCUT2D eigenvalue weighted by Gasteiger charge is 2.14. The highest BCUT2D eigenvalue weighted by Crippen LogP contribution is 2.26. The molecular weight excluding hydrogens is 364 g/mol. The zero-order valence-corrected chi connectivity index (χ0v) is 13.1. The van der Waals surface area contributed by atoms with Crippen molar-refractivity contribution < 1.29 is 4.52 Å². The van der Waals surface area contributed by atoms with Crippen LogP contribution in [0.1, 0.15) is 12.8 Å². The molecule has 1 unspecified atom stereocenters. The first-order valence-electron chi connectivity index (χ1n) is 5.41. The molecule has 0 bridgehead atoms. The van der Waals surface area contributed by atoms with Crippen LogP contribution in [-0.4, -0.2) is 28.2 Å². The van der Waals surface area contributed by atoms with Crippen molar-refractivity contribution in [3.05, 3.63) is 27.1 Å². The second-order valence-electron chi connectivity index (χ2n) is 3.89. The Bertz CT molecular complexity index is 544. The minimum absolute atomic E-state index is 0.291. The molecule has 1 N–H and O–H groups in total. The van der Waals surface area contributed by atoms with Crippen LogP contribution in [0, 0.1) is 0 Å². The quantitative estimate of drug-likeness (QED) is 0.890. The van der Waals surface area contributed by atoms with E-state index in [2.05, 4.69) is 59.2 Å². The van der Waals surface area contributed by atoms with Gasteiger partial charge in [-0.25, -0.2) is 0 Å². The average molecular weight is 376 g/mol. The molecule has 2 aromatic rings. The number of rotatable bonds is 4. The number of nitrogens with zero attached hydrogens (tertiary/aromatic N) is 3. The molecule has 2 aromatic heterocycles. The van der Waals surface area contributed by atoms with Gasteiger partial charge in [-0.05, 0) is 51.9 Å². The van der Waals surface area contributed by atoms with E-state index in [1.54, 1.807) is 6.20 Å². The summed E-state index contributed by atoms with van der Waals surface area (Å²) < 4.78 is 6.92. The lowest BCUT2D eigenvalue weighted by Gasteiger charge is -2.04. The molecule has 0 fully saturated rings. The summed E-state index contributed by atoms with van der Waals surface area (Å²) in [4.78, 5) is 8.60. The van der Waals surface area contributed by atoms with Crippen LogP contribution in [0.5, 0.6) is 0 Å². The van der Waals surface area contributed by atoms with Crippen molar-refractivity contribution in [1.82, 2.24) is 20.4 Å². The molecule has 0 aliphatic carbocycles. The van der Waals surface area contributed by atoms with Gasteiger partial charge in [0, 0.05) is 27.6 Å². The van der Waals surface area contributed by atoms with Gasteiger partial charge < -0.3 is 9.84 Å². The van der Waals surface area contributed by atoms with E-state index in [4.69, 9.17) is 4.52 Å². The Morgan fingerprint density at radius 1 is 1.44 bits per heavy atom. The van der Waals surface area contributed by atoms with E-state index in [0.717, 1.165) is 8.95 Å². The van der Waals surface area contributed by atoms with Crippen molar-refractivity contribution in [1.29, 1.82) is 0 Å². The summed E-state index contributed by atoms with van der Waals surface area (Å²) in [5, 5.41) is 7.07. The van der Waals surface area contributed by atoms with E-state index >= 15 is 0 Å². The molecule has 2 heterocycles. The maximum atomic E-state index is 5.20. The van der Waals surface area contributed by atoms with Crippen molar-refractivity contribution in [2.45, 2.75) is 19.4 Å². The zero-order chi connectivity index (χ0) is 13.1. The molecule has 0 aliphatic heterocycles. The number of hydrogen-bond acceptors (Lipinski definition) is 5. The lowest BCUT2D eigenvalue weighted by molar-refractivity contribution is 0.365. The third-order valence-corrected chi connectivity index (χ3v) is 3.50. The van der Waals surface area contributed by atoms with Crippen molar-refractivity contribution in [3.63, 3.8) is 0 Å². The van der Waals surface area contributed by atoms with Crippen molar-refractivity contribution >= 4 is 31.9 Å². The molecular formula is C11H12Br2N4O. The summed E-state index contributed by atoms with van der Waals surface area (Å²) in [5.74, 6) is 1.09. The topological polar surface area (TPSA) is 63.8 Å². The molecule has 7 heteroatoms. The van der Waals surface area contributed by atoms with E-state index in [-0.39, 0.29) is 0 Å². The molecule has 18 heavy (non-hydrogen) atoms. The Hall–Kier alpha value is -0.790. The van der Waals surface area contributed by atoms with Gasteiger partial charge in [0.15, 0.2) is 0 Å². The Kier molecular flexibility index (Phi) is 4.47. The Labute approximate surface area is 122 Å². The second kappa shape index (κ2) is 5.90. The number of nitrogens with one attached hydrogen (secondary N) is 1. The van der Waals surface area contributed by atoms with Crippen LogP contribution in [0.15, 0.2) is 25.7 Å². The molecule has 0 saturated carbocycles. The Balaban J connectivity index is 2.24. The summed E-state index contributed by atoms with van der Waals surface area (Å²) >= 11 is 6.78. The lowest BCUT2D eigenvalue weighted by atomic mass is 10.2. The maximum Gasteiger partial charge on any atom is 0.228 e. The molecule has 0 spiro atoms. The maximum absolute atomic E-state index is 5.20. The normalized spacial score (nSPS) is 12.7. The van der Waals surface area contributed by atoms with Gasteiger partial charge in [0.25, 0.3) is 0 Å². The fourth-order valence-electron chi connectivity index (χ4n) is 1.38. The number of halogens is 2. The summed E-state index contributed by atoms with van der Waals surface area (Å²) in [6, 6.07) is 2.19. The molecule has 96 valence electrons. The summed E-state index contributed by atoms with van der Waals surface area (Å²) in [5.41, 5.74) is 0.672. The molecule has 0 saturated heterocycles. The van der Waals surface area contributed by atoms with Crippen molar-refractivity contribution in [3.8, 4) is 11.5 Å². The highest BCUT2D eigenvalue weighted by atomic mass is 79.9. The average Bonchev–Trinajstić information content (AvgIpc) is 2.77. The predicted molar refractivity (Wildman–Crippen MR) is 75.2 cm³/mol. The Morgan fingerprint density at radius 3 is 2.89 bits per heavy atom. The fraction of sp³-hybridized carbons (Fsp3) is 0.364. The Morgan fingerprint density at radius 2 is 2.22 bits per heavy atom. The van der Waals surface area contributed by atoms with Crippen LogP contribution in [0.3, 0.4) is 0 Å². The largest absolute Gasteiger partial charge is 0.339 e. The molecule has 0 amide bonds. The number of aromatic nitrogens is 3. The van der Waals surface area contributed by atoms with Gasteiger partial charge in [-0.3, -0.25) is 4.98 Å². The van der Waals surface area contributed by atoms with E-state index < -0.39 is 0 Å². The first-order chi connectivity index (χ1) is 8.60. The molecule has 0 aliphatic rings. The molecule has 1 atom stereocenters. The van der Waals surface area contributed by atoms with Gasteiger partial charge in [-0.2, -0.15) is 4.98 Å². The van der Waals surface area contributed by atoms with Crippen LogP contribution in [0.25, 0.3) is 11.5 Å². The van der Waals surface area contributed by atoms with Crippen LogP contribution >= 0.6 is 31.9 Å². The number of hydrogen-bond donors (Lipinski definition) is 1. The molecule has 5 nitrogen and oxygen atoms in total. The van der Waals surface area contributed by atoms with E-state index in [9.17, 15) is 0 Å². The predicted octanol–water partition coefficient (Wildman–Crippen LogP) is 2.81. The number of likely N-dealkylation sites (N-methyl/N-ethyl adjacent to an activating group) is 1. The van der Waals surface area contributed by atoms with Gasteiger partial charge >= 0.3 is 0 Å². The van der Waals surface area contributed by atoms with Gasteiger partial charge in [0.2, 0.25) is 11.7 Å². The van der Waals surface area contributed by atoms with Crippen molar-refractivity contribution in [2.24, 2.45) is 0 Å². The van der Waals surface area contributed by atoms with E-state index in [0.29, 0.717) is 29.9 Å². The standard InChI is InChI=1S/C11H12Br2N4O/c1-6(14-2)3-9-16-11(17-18-9)10-8(13)4-7(12)5-15-10/h4-6,14H,3H2,1-2H3. The molecule has 2 rings (SSSR count). The van der Waals surface area contributed by atoms with E-state index in [1.807, 2.05) is 13.1 Å². The monoisotopic (exact) mass is 374 g/mol. The highest BCUT2D eigenvalue weighted by molar-refractivity contribution is 9.11. The van der Waals surface area contributed by atoms with Crippen LogP contribution in [0.4, 0.5) is 0 Å². The van der Waals surface area contributed by atoms with Crippen LogP contribution in [-0.2, 0) is 6.42 Å². The van der Waals surface area contributed by atoms with Crippen LogP contribution in [0.2, 0.25) is 0 Å². The lowest BCUT2D eigenvalue weighted by Crippen LogP contribution is -2.23. The summed E-state index contributed by atoms with van der Waals surface area (Å²) in [6.07, 6.45) is 2.39. The first kappa shape index (κ1) is 13.6. The third-order valence-electron chi connectivity index (χ3n) is 2.46. The van der Waals surface area contributed by atoms with Crippen molar-refractivity contribution in [2.75, 3.05) is 7.05 Å². The SMILES string of the molecule is CNC(C)Cc1nc(-c2ncc(Br)cc2Br)no1. The minimum atomic E-state index is 0.291. The van der Waals surface area contributed by atoms with E-state index in [1.165, 1.54) is 0 Å². The summed E-state index contributed by atoms with van der Waals surface area (Å²) in [7, 11) is 1.90. The van der Waals surface area contributed by atoms with Gasteiger partial charge in [0.1, 0.15) is 5.69 Å². The van der Waals surface area contributed by atoms with Crippen LogP contribution < -0.4 is 5.32 Å². The summed E-state index contributed by atoms with van der Waals surface area (Å²) in [6.45, 7) is 2.05. The third kappa shape index (κ3) is 3.15. The minimum Gasteiger partial charge on any atom is -0.339 e. The smallest absolute Gasteiger partial charge is 0.228 e. The zero-order valence-electron chi connectivity index (χ0n) is 9.94. The fourth-order valence-corrected chi connectivity index (χ4v) is 2.54. The van der Waals surface area contributed by atoms with Gasteiger partial charge in [-0.15, -0.1) is 0 Å². The first-order valence-corrected chi connectivity index (χ1v) is 7.00. The molecule has 0 radical (unpaired) electrons. The van der Waals surface area contributed by atoms with Gasteiger partial charge in [0.05, 0.1) is 0 Å². The number of pyridine rings is 1. The molecule has 0 aromatic carbocycles. The van der Waals surface area contributed by atoms with Gasteiger partial charge in [-0.1, -0.05) is 5.16 Å².